The van der Waals surface area contributed by atoms with Crippen LogP contribution in [0.2, 0.25) is 0 Å². The van der Waals surface area contributed by atoms with Gasteiger partial charge in [-0.2, -0.15) is 0 Å². The maximum atomic E-state index is 13.3. The summed E-state index contributed by atoms with van der Waals surface area (Å²) in [6.07, 6.45) is 2.96. The highest BCUT2D eigenvalue weighted by molar-refractivity contribution is 5.34. The van der Waals surface area contributed by atoms with Gasteiger partial charge in [0.05, 0.1) is 7.11 Å². The smallest absolute Gasteiger partial charge is 0.123 e. The van der Waals surface area contributed by atoms with E-state index in [0.29, 0.717) is 12.0 Å². The van der Waals surface area contributed by atoms with Crippen molar-refractivity contribution in [2.45, 2.75) is 46.1 Å². The van der Waals surface area contributed by atoms with Gasteiger partial charge in [-0.25, -0.2) is 4.39 Å². The van der Waals surface area contributed by atoms with E-state index < -0.39 is 0 Å². The molecule has 0 aliphatic carbocycles. The first-order valence-electron chi connectivity index (χ1n) is 7.14. The molecule has 0 radical (unpaired) electrons. The Labute approximate surface area is 116 Å². The third kappa shape index (κ3) is 5.19. The molecule has 0 fully saturated rings. The van der Waals surface area contributed by atoms with Crippen molar-refractivity contribution in [3.63, 3.8) is 0 Å². The fourth-order valence-corrected chi connectivity index (χ4v) is 2.25. The van der Waals surface area contributed by atoms with Crippen molar-refractivity contribution in [2.24, 2.45) is 5.92 Å². The average molecular weight is 267 g/mol. The highest BCUT2D eigenvalue weighted by atomic mass is 19.1. The first kappa shape index (κ1) is 16.0. The zero-order chi connectivity index (χ0) is 14.3. The van der Waals surface area contributed by atoms with Gasteiger partial charge < -0.3 is 10.1 Å². The Kier molecular flexibility index (Phi) is 6.85. The molecule has 0 aliphatic rings. The molecule has 0 heterocycles. The zero-order valence-electron chi connectivity index (χ0n) is 12.5. The molecule has 2 nitrogen and oxygen atoms in total. The molecular formula is C16H26FNO. The topological polar surface area (TPSA) is 21.3 Å². The van der Waals surface area contributed by atoms with E-state index in [-0.39, 0.29) is 5.82 Å². The Morgan fingerprint density at radius 2 is 2.05 bits per heavy atom. The van der Waals surface area contributed by atoms with E-state index in [1.165, 1.54) is 6.07 Å². The number of rotatable bonds is 8. The molecular weight excluding hydrogens is 241 g/mol. The van der Waals surface area contributed by atoms with Crippen LogP contribution < -0.4 is 10.1 Å². The van der Waals surface area contributed by atoms with Gasteiger partial charge in [-0.1, -0.05) is 20.8 Å². The second-order valence-electron chi connectivity index (χ2n) is 5.30. The fraction of sp³-hybridized carbons (Fsp3) is 0.625. The molecule has 108 valence electrons. The van der Waals surface area contributed by atoms with Crippen LogP contribution in [0.3, 0.4) is 0 Å². The molecule has 1 aromatic carbocycles. The Bertz CT molecular complexity index is 379. The average Bonchev–Trinajstić information content (AvgIpc) is 2.38. The van der Waals surface area contributed by atoms with Crippen molar-refractivity contribution in [3.8, 4) is 5.75 Å². The molecule has 1 atom stereocenters. The van der Waals surface area contributed by atoms with Gasteiger partial charge >= 0.3 is 0 Å². The first-order valence-corrected chi connectivity index (χ1v) is 7.14. The minimum Gasteiger partial charge on any atom is -0.496 e. The van der Waals surface area contributed by atoms with Crippen molar-refractivity contribution in [3.05, 3.63) is 29.6 Å². The van der Waals surface area contributed by atoms with Gasteiger partial charge in [0.15, 0.2) is 0 Å². The lowest BCUT2D eigenvalue weighted by molar-refractivity contribution is 0.371. The van der Waals surface area contributed by atoms with Crippen molar-refractivity contribution in [2.75, 3.05) is 13.7 Å². The van der Waals surface area contributed by atoms with Crippen LogP contribution in [0.5, 0.6) is 5.75 Å². The summed E-state index contributed by atoms with van der Waals surface area (Å²) in [7, 11) is 1.63. The zero-order valence-corrected chi connectivity index (χ0v) is 12.5. The first-order chi connectivity index (χ1) is 9.08. The summed E-state index contributed by atoms with van der Waals surface area (Å²) in [5.41, 5.74) is 0.950. The van der Waals surface area contributed by atoms with Gasteiger partial charge in [-0.3, -0.25) is 0 Å². The number of ether oxygens (including phenoxy) is 1. The van der Waals surface area contributed by atoms with Crippen LogP contribution in [0.4, 0.5) is 4.39 Å². The van der Waals surface area contributed by atoms with Gasteiger partial charge in [-0.05, 0) is 55.5 Å². The second kappa shape index (κ2) is 8.16. The summed E-state index contributed by atoms with van der Waals surface area (Å²) in [5, 5.41) is 3.56. The molecule has 1 N–H and O–H groups in total. The monoisotopic (exact) mass is 267 g/mol. The van der Waals surface area contributed by atoms with Crippen LogP contribution in [-0.2, 0) is 6.42 Å². The van der Waals surface area contributed by atoms with Crippen molar-refractivity contribution in [1.29, 1.82) is 0 Å². The lowest BCUT2D eigenvalue weighted by Gasteiger charge is -2.22. The minimum absolute atomic E-state index is 0.196. The lowest BCUT2D eigenvalue weighted by Crippen LogP contribution is -2.34. The van der Waals surface area contributed by atoms with E-state index in [4.69, 9.17) is 4.74 Å². The predicted octanol–water partition coefficient (Wildman–Crippen LogP) is 3.79. The number of aryl methyl sites for hydroxylation is 1. The molecule has 0 aliphatic heterocycles. The fourth-order valence-electron chi connectivity index (χ4n) is 2.25. The van der Waals surface area contributed by atoms with Gasteiger partial charge in [0.2, 0.25) is 0 Å². The quantitative estimate of drug-likeness (QED) is 0.773. The number of halogens is 1. The number of nitrogens with one attached hydrogen (secondary N) is 1. The Balaban J connectivity index is 2.65. The molecule has 0 saturated heterocycles. The van der Waals surface area contributed by atoms with Crippen LogP contribution in [0.15, 0.2) is 18.2 Å². The summed E-state index contributed by atoms with van der Waals surface area (Å²) in [6.45, 7) is 7.63. The van der Waals surface area contributed by atoms with Gasteiger partial charge in [0.1, 0.15) is 11.6 Å². The standard InChI is InChI=1S/C16H26FNO/c1-5-10-18-15(12(2)3)8-6-13-11-14(17)7-9-16(13)19-4/h7,9,11-12,15,18H,5-6,8,10H2,1-4H3. The van der Waals surface area contributed by atoms with Gasteiger partial charge in [0, 0.05) is 6.04 Å². The molecule has 0 aromatic heterocycles. The third-order valence-electron chi connectivity index (χ3n) is 3.43. The maximum Gasteiger partial charge on any atom is 0.123 e. The summed E-state index contributed by atoms with van der Waals surface area (Å²) in [5.74, 6) is 1.16. The molecule has 0 spiro atoms. The van der Waals surface area contributed by atoms with Crippen LogP contribution in [0, 0.1) is 11.7 Å². The minimum atomic E-state index is -0.196. The van der Waals surface area contributed by atoms with E-state index in [2.05, 4.69) is 26.1 Å². The lowest BCUT2D eigenvalue weighted by atomic mass is 9.96. The molecule has 3 heteroatoms. The Hall–Kier alpha value is -1.09. The summed E-state index contributed by atoms with van der Waals surface area (Å²) in [6, 6.07) is 5.19. The summed E-state index contributed by atoms with van der Waals surface area (Å²) >= 11 is 0. The Morgan fingerprint density at radius 1 is 1.32 bits per heavy atom. The maximum absolute atomic E-state index is 13.3. The van der Waals surface area contributed by atoms with E-state index in [9.17, 15) is 4.39 Å². The molecule has 0 amide bonds. The predicted molar refractivity (Wildman–Crippen MR) is 78.2 cm³/mol. The molecule has 19 heavy (non-hydrogen) atoms. The molecule has 0 saturated carbocycles. The van der Waals surface area contributed by atoms with Gasteiger partial charge in [-0.15, -0.1) is 0 Å². The molecule has 1 rings (SSSR count). The molecule has 1 aromatic rings. The highest BCUT2D eigenvalue weighted by Crippen LogP contribution is 2.22. The van der Waals surface area contributed by atoms with E-state index >= 15 is 0 Å². The SMILES string of the molecule is CCCNC(CCc1cc(F)ccc1OC)C(C)C. The van der Waals surface area contributed by atoms with Crippen LogP contribution in [-0.4, -0.2) is 19.7 Å². The van der Waals surface area contributed by atoms with Crippen molar-refractivity contribution < 1.29 is 9.13 Å². The van der Waals surface area contributed by atoms with Crippen molar-refractivity contribution in [1.82, 2.24) is 5.32 Å². The van der Waals surface area contributed by atoms with Crippen molar-refractivity contribution >= 4 is 0 Å². The van der Waals surface area contributed by atoms with Crippen LogP contribution >= 0.6 is 0 Å². The number of hydrogen-bond acceptors (Lipinski definition) is 2. The number of benzene rings is 1. The number of hydrogen-bond donors (Lipinski definition) is 1. The number of methoxy groups -OCH3 is 1. The van der Waals surface area contributed by atoms with Gasteiger partial charge in [0.25, 0.3) is 0 Å². The summed E-state index contributed by atoms with van der Waals surface area (Å²) < 4.78 is 18.6. The van der Waals surface area contributed by atoms with E-state index in [0.717, 1.165) is 37.1 Å². The third-order valence-corrected chi connectivity index (χ3v) is 3.43. The summed E-state index contributed by atoms with van der Waals surface area (Å²) in [4.78, 5) is 0. The van der Waals surface area contributed by atoms with E-state index in [1.54, 1.807) is 19.2 Å². The highest BCUT2D eigenvalue weighted by Gasteiger charge is 2.14. The van der Waals surface area contributed by atoms with E-state index in [1.807, 2.05) is 0 Å². The largest absolute Gasteiger partial charge is 0.496 e. The van der Waals surface area contributed by atoms with Crippen LogP contribution in [0.1, 0.15) is 39.2 Å². The molecule has 0 bridgehead atoms. The normalized spacial score (nSPS) is 12.7. The Morgan fingerprint density at radius 3 is 2.63 bits per heavy atom. The van der Waals surface area contributed by atoms with Crippen LogP contribution in [0.25, 0.3) is 0 Å². The molecule has 1 unspecified atom stereocenters. The second-order valence-corrected chi connectivity index (χ2v) is 5.30.